The summed E-state index contributed by atoms with van der Waals surface area (Å²) in [6.45, 7) is 0.166. The van der Waals surface area contributed by atoms with Crippen LogP contribution in [-0.4, -0.2) is 11.1 Å². The van der Waals surface area contributed by atoms with E-state index in [9.17, 15) is 18.0 Å². The summed E-state index contributed by atoms with van der Waals surface area (Å²) in [4.78, 5) is 17.0. The number of aliphatic imine (C=N–C) groups is 1. The van der Waals surface area contributed by atoms with Crippen molar-refractivity contribution in [2.45, 2.75) is 12.7 Å². The van der Waals surface area contributed by atoms with E-state index in [0.29, 0.717) is 21.4 Å². The summed E-state index contributed by atoms with van der Waals surface area (Å²) in [7, 11) is 0. The number of amides is 1. The Hall–Kier alpha value is -3.52. The molecule has 1 fully saturated rings. The van der Waals surface area contributed by atoms with Crippen LogP contribution in [-0.2, 0) is 17.5 Å². The number of benzene rings is 3. The Morgan fingerprint density at radius 3 is 2.22 bits per heavy atom. The van der Waals surface area contributed by atoms with E-state index in [1.54, 1.807) is 6.08 Å². The molecule has 0 aromatic heterocycles. The second-order valence-corrected chi connectivity index (χ2v) is 7.90. The van der Waals surface area contributed by atoms with Crippen LogP contribution in [0.25, 0.3) is 6.08 Å². The van der Waals surface area contributed by atoms with Crippen molar-refractivity contribution >= 4 is 28.9 Å². The molecule has 1 N–H and O–H groups in total. The molecule has 1 aliphatic rings. The fourth-order valence-corrected chi connectivity index (χ4v) is 3.69. The van der Waals surface area contributed by atoms with Gasteiger partial charge in [-0.2, -0.15) is 13.2 Å². The lowest BCUT2D eigenvalue weighted by Gasteiger charge is -2.06. The number of carbonyl (C=O) groups excluding carboxylic acids is 1. The van der Waals surface area contributed by atoms with E-state index < -0.39 is 11.7 Å². The third kappa shape index (κ3) is 5.59. The second kappa shape index (κ2) is 9.32. The molecule has 3 aromatic carbocycles. The van der Waals surface area contributed by atoms with Crippen LogP contribution in [0, 0.1) is 0 Å². The highest BCUT2D eigenvalue weighted by Gasteiger charge is 2.30. The van der Waals surface area contributed by atoms with E-state index in [4.69, 9.17) is 4.74 Å². The minimum absolute atomic E-state index is 0.166. The topological polar surface area (TPSA) is 50.7 Å². The molecule has 1 saturated heterocycles. The first kappa shape index (κ1) is 21.7. The molecule has 0 aliphatic carbocycles. The van der Waals surface area contributed by atoms with Crippen molar-refractivity contribution in [3.8, 4) is 11.5 Å². The zero-order valence-electron chi connectivity index (χ0n) is 16.6. The minimum atomic E-state index is -4.37. The van der Waals surface area contributed by atoms with Gasteiger partial charge in [-0.1, -0.05) is 42.5 Å². The number of nitrogens with one attached hydrogen (secondary N) is 1. The number of alkyl halides is 3. The van der Waals surface area contributed by atoms with E-state index >= 15 is 0 Å². The van der Waals surface area contributed by atoms with E-state index in [1.165, 1.54) is 23.9 Å². The Labute approximate surface area is 186 Å². The summed E-state index contributed by atoms with van der Waals surface area (Å²) in [5, 5.41) is 3.08. The van der Waals surface area contributed by atoms with Crippen LogP contribution >= 0.6 is 11.8 Å². The van der Waals surface area contributed by atoms with Gasteiger partial charge in [0.2, 0.25) is 0 Å². The molecule has 32 heavy (non-hydrogen) atoms. The fraction of sp³-hybridized carbons (Fsp3) is 0.0833. The van der Waals surface area contributed by atoms with E-state index in [1.807, 2.05) is 54.6 Å². The van der Waals surface area contributed by atoms with Gasteiger partial charge in [0.25, 0.3) is 5.91 Å². The van der Waals surface area contributed by atoms with Crippen LogP contribution in [0.2, 0.25) is 0 Å². The zero-order valence-corrected chi connectivity index (χ0v) is 17.4. The lowest BCUT2D eigenvalue weighted by atomic mass is 10.1. The van der Waals surface area contributed by atoms with Crippen LogP contribution in [0.4, 0.5) is 13.2 Å². The van der Waals surface area contributed by atoms with E-state index in [-0.39, 0.29) is 12.5 Å². The van der Waals surface area contributed by atoms with Crippen molar-refractivity contribution in [1.29, 1.82) is 0 Å². The van der Waals surface area contributed by atoms with E-state index in [0.717, 1.165) is 23.4 Å². The molecule has 0 saturated carbocycles. The monoisotopic (exact) mass is 454 g/mol. The van der Waals surface area contributed by atoms with Crippen LogP contribution in [0.5, 0.6) is 11.5 Å². The average molecular weight is 454 g/mol. The maximum Gasteiger partial charge on any atom is 0.416 e. The van der Waals surface area contributed by atoms with E-state index in [2.05, 4.69) is 10.3 Å². The SMILES string of the molecule is O=C1NC(=NCc2ccc(C(F)(F)F)cc2)S/C1=C/c1ccc(Oc2ccccc2)cc1. The standard InChI is InChI=1S/C24H17F3N2O2S/c25-24(26,27)18-10-6-17(7-11-18)15-28-23-29-22(30)21(32-23)14-16-8-12-20(13-9-16)31-19-4-2-1-3-5-19/h1-14H,15H2,(H,28,29,30)/b21-14+. The average Bonchev–Trinajstić information content (AvgIpc) is 3.13. The molecule has 0 radical (unpaired) electrons. The summed E-state index contributed by atoms with van der Waals surface area (Å²) in [6, 6.07) is 21.5. The number of ether oxygens (including phenoxy) is 1. The molecule has 0 bridgehead atoms. The van der Waals surface area contributed by atoms with Crippen molar-refractivity contribution in [2.24, 2.45) is 4.99 Å². The molecule has 1 heterocycles. The predicted octanol–water partition coefficient (Wildman–Crippen LogP) is 6.26. The highest BCUT2D eigenvalue weighted by molar-refractivity contribution is 8.18. The van der Waals surface area contributed by atoms with Gasteiger partial charge in [-0.15, -0.1) is 0 Å². The van der Waals surface area contributed by atoms with Gasteiger partial charge >= 0.3 is 6.18 Å². The van der Waals surface area contributed by atoms with Crippen molar-refractivity contribution < 1.29 is 22.7 Å². The number of hydrogen-bond donors (Lipinski definition) is 1. The molecular weight excluding hydrogens is 437 g/mol. The van der Waals surface area contributed by atoms with Gasteiger partial charge in [0, 0.05) is 0 Å². The Bertz CT molecular complexity index is 1160. The molecule has 0 unspecified atom stereocenters. The minimum Gasteiger partial charge on any atom is -0.457 e. The van der Waals surface area contributed by atoms with Crippen molar-refractivity contribution in [1.82, 2.24) is 5.32 Å². The van der Waals surface area contributed by atoms with Gasteiger partial charge < -0.3 is 10.1 Å². The fourth-order valence-electron chi connectivity index (χ4n) is 2.87. The quantitative estimate of drug-likeness (QED) is 0.463. The molecule has 4 nitrogen and oxygen atoms in total. The van der Waals surface area contributed by atoms with Crippen molar-refractivity contribution in [3.63, 3.8) is 0 Å². The number of carbonyl (C=O) groups is 1. The molecule has 1 aliphatic heterocycles. The summed E-state index contributed by atoms with van der Waals surface area (Å²) in [6.07, 6.45) is -2.63. The molecule has 3 aromatic rings. The largest absolute Gasteiger partial charge is 0.457 e. The lowest BCUT2D eigenvalue weighted by molar-refractivity contribution is -0.137. The molecule has 162 valence electrons. The van der Waals surface area contributed by atoms with Gasteiger partial charge in [-0.05, 0) is 65.4 Å². The Kier molecular flexibility index (Phi) is 6.32. The maximum absolute atomic E-state index is 12.6. The third-order valence-corrected chi connectivity index (χ3v) is 5.44. The van der Waals surface area contributed by atoms with Crippen LogP contribution < -0.4 is 10.1 Å². The second-order valence-electron chi connectivity index (χ2n) is 6.86. The van der Waals surface area contributed by atoms with Gasteiger partial charge in [0.1, 0.15) is 11.5 Å². The summed E-state index contributed by atoms with van der Waals surface area (Å²) < 4.78 is 43.7. The van der Waals surface area contributed by atoms with Crippen LogP contribution in [0.1, 0.15) is 16.7 Å². The van der Waals surface area contributed by atoms with Crippen molar-refractivity contribution in [3.05, 3.63) is 100 Å². The number of nitrogens with zero attached hydrogens (tertiary/aromatic N) is 1. The first-order valence-corrected chi connectivity index (χ1v) is 10.4. The highest BCUT2D eigenvalue weighted by Crippen LogP contribution is 2.30. The van der Waals surface area contributed by atoms with Crippen LogP contribution in [0.15, 0.2) is 88.8 Å². The summed E-state index contributed by atoms with van der Waals surface area (Å²) in [5.41, 5.74) is 0.738. The smallest absolute Gasteiger partial charge is 0.416 e. The van der Waals surface area contributed by atoms with Gasteiger partial charge in [0.15, 0.2) is 5.17 Å². The number of rotatable bonds is 5. The number of halogens is 3. The third-order valence-electron chi connectivity index (χ3n) is 4.49. The first-order chi connectivity index (χ1) is 15.4. The molecule has 8 heteroatoms. The van der Waals surface area contributed by atoms with Crippen LogP contribution in [0.3, 0.4) is 0 Å². The Morgan fingerprint density at radius 2 is 1.56 bits per heavy atom. The number of amidine groups is 1. The molecule has 1 amide bonds. The summed E-state index contributed by atoms with van der Waals surface area (Å²) in [5.74, 6) is 1.14. The maximum atomic E-state index is 12.6. The van der Waals surface area contributed by atoms with Gasteiger partial charge in [0.05, 0.1) is 17.0 Å². The number of hydrogen-bond acceptors (Lipinski definition) is 4. The normalized spacial score (nSPS) is 16.4. The predicted molar refractivity (Wildman–Crippen MR) is 119 cm³/mol. The molecule has 4 rings (SSSR count). The lowest BCUT2D eigenvalue weighted by Crippen LogP contribution is -2.19. The van der Waals surface area contributed by atoms with Crippen molar-refractivity contribution in [2.75, 3.05) is 0 Å². The molecular formula is C24H17F3N2O2S. The number of thioether (sulfide) groups is 1. The van der Waals surface area contributed by atoms with Gasteiger partial charge in [-0.25, -0.2) is 0 Å². The Morgan fingerprint density at radius 1 is 0.906 bits per heavy atom. The number of para-hydroxylation sites is 1. The highest BCUT2D eigenvalue weighted by atomic mass is 32.2. The Balaban J connectivity index is 1.38. The molecule has 0 atom stereocenters. The molecule has 0 spiro atoms. The summed E-state index contributed by atoms with van der Waals surface area (Å²) >= 11 is 1.19. The van der Waals surface area contributed by atoms with Gasteiger partial charge in [-0.3, -0.25) is 9.79 Å². The zero-order chi connectivity index (χ0) is 22.6. The first-order valence-electron chi connectivity index (χ1n) is 9.61.